The second-order valence-electron chi connectivity index (χ2n) is 9.90. The minimum Gasteiger partial charge on any atom is -0.494 e. The zero-order valence-corrected chi connectivity index (χ0v) is 20.9. The molecule has 0 saturated heterocycles. The number of H-pyrrole nitrogens is 1. The molecule has 9 nitrogen and oxygen atoms in total. The molecule has 1 aliphatic rings. The van der Waals surface area contributed by atoms with Crippen molar-refractivity contribution in [1.82, 2.24) is 19.7 Å². The number of anilines is 2. The van der Waals surface area contributed by atoms with Crippen LogP contribution in [0.25, 0.3) is 5.95 Å². The summed E-state index contributed by atoms with van der Waals surface area (Å²) in [6.07, 6.45) is 5.57. The Bertz CT molecular complexity index is 1240. The van der Waals surface area contributed by atoms with Crippen LogP contribution < -0.4 is 20.9 Å². The Hall–Kier alpha value is -3.62. The monoisotopic (exact) mass is 478 g/mol. The van der Waals surface area contributed by atoms with Gasteiger partial charge >= 0.3 is 6.03 Å². The van der Waals surface area contributed by atoms with Crippen LogP contribution in [0.15, 0.2) is 35.1 Å². The summed E-state index contributed by atoms with van der Waals surface area (Å²) in [4.78, 5) is 33.1. The van der Waals surface area contributed by atoms with Gasteiger partial charge in [-0.15, -0.1) is 0 Å². The van der Waals surface area contributed by atoms with Crippen molar-refractivity contribution in [3.8, 4) is 11.7 Å². The smallest absolute Gasteiger partial charge is 0.324 e. The second-order valence-corrected chi connectivity index (χ2v) is 9.90. The van der Waals surface area contributed by atoms with Crippen molar-refractivity contribution in [2.45, 2.75) is 71.6 Å². The van der Waals surface area contributed by atoms with Gasteiger partial charge in [0.1, 0.15) is 11.6 Å². The lowest BCUT2D eigenvalue weighted by Gasteiger charge is -2.16. The molecule has 35 heavy (non-hydrogen) atoms. The van der Waals surface area contributed by atoms with Crippen LogP contribution in [0.3, 0.4) is 0 Å². The second kappa shape index (κ2) is 10.3. The third kappa shape index (κ3) is 5.90. The Morgan fingerprint density at radius 1 is 1.14 bits per heavy atom. The first-order valence-electron chi connectivity index (χ1n) is 12.3. The van der Waals surface area contributed by atoms with E-state index in [0.29, 0.717) is 24.1 Å². The van der Waals surface area contributed by atoms with E-state index in [0.717, 1.165) is 61.2 Å². The third-order valence-corrected chi connectivity index (χ3v) is 5.98. The number of carbonyl (C=O) groups is 1. The summed E-state index contributed by atoms with van der Waals surface area (Å²) in [6, 6.07) is 8.63. The first-order chi connectivity index (χ1) is 16.7. The number of rotatable bonds is 7. The number of aromatic amines is 1. The van der Waals surface area contributed by atoms with E-state index in [1.54, 1.807) is 12.1 Å². The highest BCUT2D eigenvalue weighted by atomic mass is 16.5. The highest BCUT2D eigenvalue weighted by Crippen LogP contribution is 2.26. The number of nitrogens with one attached hydrogen (secondary N) is 3. The molecule has 1 aromatic carbocycles. The fourth-order valence-electron chi connectivity index (χ4n) is 3.94. The number of unbranched alkanes of at least 4 members (excludes halogenated alkanes) is 1. The lowest BCUT2D eigenvalue weighted by Crippen LogP contribution is -2.26. The molecule has 4 rings (SSSR count). The third-order valence-electron chi connectivity index (χ3n) is 5.98. The molecule has 0 aliphatic heterocycles. The highest BCUT2D eigenvalue weighted by molar-refractivity contribution is 5.99. The normalized spacial score (nSPS) is 13.3. The number of ether oxygens (including phenoxy) is 1. The van der Waals surface area contributed by atoms with Gasteiger partial charge in [-0.05, 0) is 56.4 Å². The van der Waals surface area contributed by atoms with Gasteiger partial charge in [-0.3, -0.25) is 15.1 Å². The van der Waals surface area contributed by atoms with E-state index in [4.69, 9.17) is 9.72 Å². The van der Waals surface area contributed by atoms with Gasteiger partial charge in [0.25, 0.3) is 5.56 Å². The van der Waals surface area contributed by atoms with Crippen LogP contribution in [-0.4, -0.2) is 32.4 Å². The van der Waals surface area contributed by atoms with Crippen LogP contribution in [0.5, 0.6) is 5.75 Å². The van der Waals surface area contributed by atoms with Gasteiger partial charge in [0.15, 0.2) is 0 Å². The van der Waals surface area contributed by atoms with Gasteiger partial charge in [-0.2, -0.15) is 9.78 Å². The molecule has 1 aliphatic carbocycles. The summed E-state index contributed by atoms with van der Waals surface area (Å²) in [5.41, 5.74) is 2.54. The van der Waals surface area contributed by atoms with Crippen molar-refractivity contribution in [2.24, 2.45) is 0 Å². The molecule has 0 radical (unpaired) electrons. The molecular formula is C26H34N6O3. The Balaban J connectivity index is 1.56. The maximum Gasteiger partial charge on any atom is 0.324 e. The number of hydrogen-bond acceptors (Lipinski definition) is 5. The quantitative estimate of drug-likeness (QED) is 0.416. The lowest BCUT2D eigenvalue weighted by atomic mass is 9.92. The van der Waals surface area contributed by atoms with Crippen molar-refractivity contribution >= 4 is 17.5 Å². The van der Waals surface area contributed by atoms with Crippen LogP contribution >= 0.6 is 0 Å². The number of fused-ring (bicyclic) bond motifs is 1. The maximum absolute atomic E-state index is 12.8. The van der Waals surface area contributed by atoms with Crippen molar-refractivity contribution in [1.29, 1.82) is 0 Å². The van der Waals surface area contributed by atoms with E-state index in [1.807, 2.05) is 39.0 Å². The zero-order valence-electron chi connectivity index (χ0n) is 20.9. The predicted octanol–water partition coefficient (Wildman–Crippen LogP) is 4.95. The fourth-order valence-corrected chi connectivity index (χ4v) is 3.94. The molecule has 0 saturated carbocycles. The number of amides is 2. The number of aromatic nitrogens is 4. The number of nitrogens with zero attached hydrogens (tertiary/aromatic N) is 3. The van der Waals surface area contributed by atoms with Crippen molar-refractivity contribution in [3.05, 3.63) is 57.6 Å². The molecule has 2 aromatic heterocycles. The standard InChI is InChI=1S/C26H34N6O3/c1-5-6-15-35-18-13-11-17(12-14-18)27-25(34)29-22-16-21(26(2,3)4)31-32(22)24-28-20-10-8-7-9-19(20)23(33)30-24/h11-14,16H,5-10,15H2,1-4H3,(H2,27,29,34)(H,28,30,33). The van der Waals surface area contributed by atoms with Crippen molar-refractivity contribution in [3.63, 3.8) is 0 Å². The number of carbonyl (C=O) groups excluding carboxylic acids is 1. The van der Waals surface area contributed by atoms with E-state index in [9.17, 15) is 9.59 Å². The van der Waals surface area contributed by atoms with Crippen LogP contribution in [0.4, 0.5) is 16.3 Å². The number of benzene rings is 1. The average molecular weight is 479 g/mol. The SMILES string of the molecule is CCCCOc1ccc(NC(=O)Nc2cc(C(C)(C)C)nn2-c2nc3c(c(=O)[nH]2)CCCC3)cc1. The summed E-state index contributed by atoms with van der Waals surface area (Å²) in [7, 11) is 0. The molecule has 3 aromatic rings. The Morgan fingerprint density at radius 2 is 1.89 bits per heavy atom. The minimum absolute atomic E-state index is 0.144. The lowest BCUT2D eigenvalue weighted by molar-refractivity contribution is 0.262. The topological polar surface area (TPSA) is 114 Å². The summed E-state index contributed by atoms with van der Waals surface area (Å²) in [5.74, 6) is 1.49. The fraction of sp³-hybridized carbons (Fsp3) is 0.462. The molecule has 0 spiro atoms. The highest BCUT2D eigenvalue weighted by Gasteiger charge is 2.24. The molecule has 3 N–H and O–H groups in total. The molecule has 2 amide bonds. The molecule has 9 heteroatoms. The average Bonchev–Trinajstić information content (AvgIpc) is 3.24. The number of urea groups is 1. The summed E-state index contributed by atoms with van der Waals surface area (Å²) >= 11 is 0. The van der Waals surface area contributed by atoms with Gasteiger partial charge in [-0.1, -0.05) is 34.1 Å². The number of aryl methyl sites for hydroxylation is 1. The van der Waals surface area contributed by atoms with Crippen LogP contribution in [0.2, 0.25) is 0 Å². The molecule has 0 unspecified atom stereocenters. The van der Waals surface area contributed by atoms with Gasteiger partial charge < -0.3 is 10.1 Å². The Labute approximate surface area is 205 Å². The van der Waals surface area contributed by atoms with E-state index < -0.39 is 6.03 Å². The Morgan fingerprint density at radius 3 is 2.60 bits per heavy atom. The molecule has 0 atom stereocenters. The van der Waals surface area contributed by atoms with E-state index in [2.05, 4.69) is 27.6 Å². The Kier molecular flexibility index (Phi) is 7.23. The van der Waals surface area contributed by atoms with E-state index >= 15 is 0 Å². The predicted molar refractivity (Wildman–Crippen MR) is 137 cm³/mol. The van der Waals surface area contributed by atoms with Gasteiger partial charge in [0.2, 0.25) is 5.95 Å². The van der Waals surface area contributed by atoms with Crippen LogP contribution in [0.1, 0.15) is 70.3 Å². The van der Waals surface area contributed by atoms with E-state index in [-0.39, 0.29) is 11.0 Å². The largest absolute Gasteiger partial charge is 0.494 e. The van der Waals surface area contributed by atoms with Crippen LogP contribution in [-0.2, 0) is 18.3 Å². The number of hydrogen-bond donors (Lipinski definition) is 3. The van der Waals surface area contributed by atoms with Crippen molar-refractivity contribution < 1.29 is 9.53 Å². The molecule has 0 bridgehead atoms. The van der Waals surface area contributed by atoms with Gasteiger partial charge in [0, 0.05) is 22.7 Å². The summed E-state index contributed by atoms with van der Waals surface area (Å²) in [5, 5.41) is 10.4. The molecular weight excluding hydrogens is 444 g/mol. The summed E-state index contributed by atoms with van der Waals surface area (Å²) in [6.45, 7) is 8.90. The molecule has 2 heterocycles. The van der Waals surface area contributed by atoms with Crippen molar-refractivity contribution in [2.75, 3.05) is 17.2 Å². The molecule has 0 fully saturated rings. The zero-order chi connectivity index (χ0) is 25.0. The first-order valence-corrected chi connectivity index (χ1v) is 12.3. The van der Waals surface area contributed by atoms with Gasteiger partial charge in [0.05, 0.1) is 18.0 Å². The maximum atomic E-state index is 12.8. The first kappa shape index (κ1) is 24.5. The van der Waals surface area contributed by atoms with Crippen LogP contribution in [0, 0.1) is 0 Å². The summed E-state index contributed by atoms with van der Waals surface area (Å²) < 4.78 is 7.18. The molecule has 186 valence electrons. The van der Waals surface area contributed by atoms with E-state index in [1.165, 1.54) is 4.68 Å². The van der Waals surface area contributed by atoms with Gasteiger partial charge in [-0.25, -0.2) is 9.78 Å². The minimum atomic E-state index is -0.424.